The van der Waals surface area contributed by atoms with Crippen LogP contribution in [0.4, 0.5) is 15.8 Å². The molecule has 138 valence electrons. The number of amides is 2. The summed E-state index contributed by atoms with van der Waals surface area (Å²) in [4.78, 5) is 25.9. The molecule has 0 saturated heterocycles. The van der Waals surface area contributed by atoms with Gasteiger partial charge >= 0.3 is 0 Å². The minimum Gasteiger partial charge on any atom is -0.376 e. The topological polar surface area (TPSA) is 61.4 Å². The first-order chi connectivity index (χ1) is 12.4. The summed E-state index contributed by atoms with van der Waals surface area (Å²) in [6.07, 6.45) is 0. The molecule has 0 spiro atoms. The molecule has 0 unspecified atom stereocenters. The van der Waals surface area contributed by atoms with E-state index in [9.17, 15) is 14.0 Å². The maximum Gasteiger partial charge on any atom is 0.261 e. The molecule has 2 N–H and O–H groups in total. The van der Waals surface area contributed by atoms with E-state index < -0.39 is 5.82 Å². The van der Waals surface area contributed by atoms with Crippen molar-refractivity contribution in [1.82, 2.24) is 5.32 Å². The Morgan fingerprint density at radius 3 is 2.50 bits per heavy atom. The first kappa shape index (κ1) is 19.4. The van der Waals surface area contributed by atoms with Gasteiger partial charge < -0.3 is 15.5 Å². The van der Waals surface area contributed by atoms with Crippen LogP contribution in [0.3, 0.4) is 0 Å². The fourth-order valence-corrected chi connectivity index (χ4v) is 2.51. The lowest BCUT2D eigenvalue weighted by Crippen LogP contribution is -2.35. The second-order valence-electron chi connectivity index (χ2n) is 6.37. The Kier molecular flexibility index (Phi) is 6.72. The quantitative estimate of drug-likeness (QED) is 0.799. The lowest BCUT2D eigenvalue weighted by Gasteiger charge is -2.25. The van der Waals surface area contributed by atoms with E-state index in [0.717, 1.165) is 0 Å². The van der Waals surface area contributed by atoms with Crippen LogP contribution in [0.5, 0.6) is 0 Å². The van der Waals surface area contributed by atoms with Crippen molar-refractivity contribution in [1.29, 1.82) is 0 Å². The normalized spacial score (nSPS) is 10.5. The molecule has 0 aliphatic rings. The minimum atomic E-state index is -0.542. The molecule has 2 aromatic rings. The predicted molar refractivity (Wildman–Crippen MR) is 102 cm³/mol. The lowest BCUT2D eigenvalue weighted by atomic mass is 10.1. The monoisotopic (exact) mass is 357 g/mol. The number of carbonyl (C=O) groups is 2. The first-order valence-corrected chi connectivity index (χ1v) is 8.53. The summed E-state index contributed by atoms with van der Waals surface area (Å²) in [5.41, 5.74) is 1.40. The molecule has 0 aromatic heterocycles. The zero-order valence-electron chi connectivity index (χ0n) is 15.3. The Bertz CT molecular complexity index is 777. The van der Waals surface area contributed by atoms with E-state index >= 15 is 0 Å². The van der Waals surface area contributed by atoms with Gasteiger partial charge in [0.1, 0.15) is 5.82 Å². The highest BCUT2D eigenvalue weighted by molar-refractivity contribution is 6.06. The van der Waals surface area contributed by atoms with E-state index in [1.54, 1.807) is 42.3 Å². The van der Waals surface area contributed by atoms with E-state index in [1.807, 2.05) is 19.9 Å². The van der Waals surface area contributed by atoms with Gasteiger partial charge in [0.2, 0.25) is 5.91 Å². The van der Waals surface area contributed by atoms with Gasteiger partial charge in [-0.3, -0.25) is 9.59 Å². The number of benzene rings is 2. The maximum atomic E-state index is 14.1. The number of hydrogen-bond acceptors (Lipinski definition) is 3. The largest absolute Gasteiger partial charge is 0.376 e. The van der Waals surface area contributed by atoms with Gasteiger partial charge in [-0.2, -0.15) is 0 Å². The van der Waals surface area contributed by atoms with Crippen LogP contribution in [0.15, 0.2) is 48.5 Å². The summed E-state index contributed by atoms with van der Waals surface area (Å²) in [7, 11) is 1.57. The van der Waals surface area contributed by atoms with Crippen LogP contribution < -0.4 is 15.5 Å². The summed E-state index contributed by atoms with van der Waals surface area (Å²) >= 11 is 0. The number of nitrogens with one attached hydrogen (secondary N) is 2. The molecule has 2 amide bonds. The third-order valence-corrected chi connectivity index (χ3v) is 3.79. The third kappa shape index (κ3) is 5.05. The van der Waals surface area contributed by atoms with Crippen molar-refractivity contribution in [2.24, 2.45) is 5.92 Å². The summed E-state index contributed by atoms with van der Waals surface area (Å²) in [5, 5.41) is 5.55. The molecule has 6 heteroatoms. The lowest BCUT2D eigenvalue weighted by molar-refractivity contribution is -0.118. The molecule has 5 nitrogen and oxygen atoms in total. The molecule has 2 rings (SSSR count). The fourth-order valence-electron chi connectivity index (χ4n) is 2.51. The second kappa shape index (κ2) is 8.99. The van der Waals surface area contributed by atoms with Gasteiger partial charge in [0, 0.05) is 25.0 Å². The van der Waals surface area contributed by atoms with Gasteiger partial charge in [-0.25, -0.2) is 4.39 Å². The van der Waals surface area contributed by atoms with Crippen molar-refractivity contribution in [3.63, 3.8) is 0 Å². The van der Waals surface area contributed by atoms with Crippen molar-refractivity contribution in [3.05, 3.63) is 59.9 Å². The molecular formula is C20H24FN3O2. The zero-order chi connectivity index (χ0) is 19.1. The molecule has 2 aromatic carbocycles. The van der Waals surface area contributed by atoms with Gasteiger partial charge in [0.05, 0.1) is 12.1 Å². The van der Waals surface area contributed by atoms with Gasteiger partial charge in [0.15, 0.2) is 0 Å². The molecule has 0 aliphatic heterocycles. The van der Waals surface area contributed by atoms with Crippen LogP contribution in [0.25, 0.3) is 0 Å². The van der Waals surface area contributed by atoms with Gasteiger partial charge in [0.25, 0.3) is 5.91 Å². The standard InChI is InChI=1S/C20H24FN3O2/c1-14(2)13-24(20(26)17-9-4-5-10-18(17)21)16-8-6-7-15(11-16)23-12-19(25)22-3/h4-11,14,23H,12-13H2,1-3H3,(H,22,25). The number of halogens is 1. The number of carbonyl (C=O) groups excluding carboxylic acids is 2. The predicted octanol–water partition coefficient (Wildman–Crippen LogP) is 3.29. The van der Waals surface area contributed by atoms with Crippen molar-refractivity contribution < 1.29 is 14.0 Å². The number of nitrogens with zero attached hydrogens (tertiary/aromatic N) is 1. The summed E-state index contributed by atoms with van der Waals surface area (Å²) in [5.74, 6) is -0.870. The summed E-state index contributed by atoms with van der Waals surface area (Å²) in [6.45, 7) is 4.57. The number of hydrogen-bond donors (Lipinski definition) is 2. The van der Waals surface area contributed by atoms with Crippen molar-refractivity contribution in [2.45, 2.75) is 13.8 Å². The molecule has 0 fully saturated rings. The van der Waals surface area contributed by atoms with Crippen LogP contribution in [0, 0.1) is 11.7 Å². The SMILES string of the molecule is CNC(=O)CNc1cccc(N(CC(C)C)C(=O)c2ccccc2F)c1. The first-order valence-electron chi connectivity index (χ1n) is 8.53. The molecule has 0 radical (unpaired) electrons. The van der Waals surface area contributed by atoms with Crippen LogP contribution >= 0.6 is 0 Å². The zero-order valence-corrected chi connectivity index (χ0v) is 15.3. The average Bonchev–Trinajstić information content (AvgIpc) is 2.64. The summed E-state index contributed by atoms with van der Waals surface area (Å²) in [6, 6.07) is 13.2. The highest BCUT2D eigenvalue weighted by atomic mass is 19.1. The van der Waals surface area contributed by atoms with Crippen LogP contribution in [0.1, 0.15) is 24.2 Å². The highest BCUT2D eigenvalue weighted by Gasteiger charge is 2.21. The van der Waals surface area contributed by atoms with E-state index in [0.29, 0.717) is 17.9 Å². The van der Waals surface area contributed by atoms with E-state index in [1.165, 1.54) is 12.1 Å². The Morgan fingerprint density at radius 1 is 1.12 bits per heavy atom. The van der Waals surface area contributed by atoms with Crippen LogP contribution in [-0.2, 0) is 4.79 Å². The minimum absolute atomic E-state index is 0.0388. The third-order valence-electron chi connectivity index (χ3n) is 3.79. The molecule has 0 bridgehead atoms. The number of anilines is 2. The van der Waals surface area contributed by atoms with Crippen LogP contribution in [-0.4, -0.2) is 32.0 Å². The molecule has 26 heavy (non-hydrogen) atoms. The fraction of sp³-hybridized carbons (Fsp3) is 0.300. The van der Waals surface area contributed by atoms with E-state index in [4.69, 9.17) is 0 Å². The summed E-state index contributed by atoms with van der Waals surface area (Å²) < 4.78 is 14.1. The second-order valence-corrected chi connectivity index (χ2v) is 6.37. The van der Waals surface area contributed by atoms with Gasteiger partial charge in [-0.1, -0.05) is 32.0 Å². The molecular weight excluding hydrogens is 333 g/mol. The average molecular weight is 357 g/mol. The van der Waals surface area contributed by atoms with Crippen molar-refractivity contribution >= 4 is 23.2 Å². The number of likely N-dealkylation sites (N-methyl/N-ethyl adjacent to an activating group) is 1. The molecule has 0 aliphatic carbocycles. The van der Waals surface area contributed by atoms with Crippen molar-refractivity contribution in [2.75, 3.05) is 30.4 Å². The highest BCUT2D eigenvalue weighted by Crippen LogP contribution is 2.23. The Labute approximate surface area is 153 Å². The van der Waals surface area contributed by atoms with Gasteiger partial charge in [-0.15, -0.1) is 0 Å². The molecule has 0 saturated carbocycles. The van der Waals surface area contributed by atoms with Crippen LogP contribution in [0.2, 0.25) is 0 Å². The Balaban J connectivity index is 2.30. The molecule has 0 heterocycles. The molecule has 0 atom stereocenters. The van der Waals surface area contributed by atoms with Crippen molar-refractivity contribution in [3.8, 4) is 0 Å². The Hall–Kier alpha value is -2.89. The Morgan fingerprint density at radius 2 is 1.85 bits per heavy atom. The van der Waals surface area contributed by atoms with E-state index in [2.05, 4.69) is 10.6 Å². The van der Waals surface area contributed by atoms with E-state index in [-0.39, 0.29) is 29.8 Å². The van der Waals surface area contributed by atoms with Gasteiger partial charge in [-0.05, 0) is 36.2 Å². The number of rotatable bonds is 7. The smallest absolute Gasteiger partial charge is 0.261 e. The maximum absolute atomic E-state index is 14.1.